The monoisotopic (exact) mass is 302 g/mol. The van der Waals surface area contributed by atoms with Gasteiger partial charge in [0.05, 0.1) is 18.3 Å². The molecule has 0 spiro atoms. The fourth-order valence-corrected chi connectivity index (χ4v) is 4.20. The van der Waals surface area contributed by atoms with E-state index in [4.69, 9.17) is 9.72 Å². The van der Waals surface area contributed by atoms with Crippen LogP contribution in [0.3, 0.4) is 0 Å². The normalized spacial score (nSPS) is 15.5. The van der Waals surface area contributed by atoms with E-state index in [1.54, 1.807) is 0 Å². The minimum atomic E-state index is 0.114. The van der Waals surface area contributed by atoms with E-state index in [-0.39, 0.29) is 6.04 Å². The van der Waals surface area contributed by atoms with Crippen molar-refractivity contribution in [1.29, 1.82) is 0 Å². The fraction of sp³-hybridized carbons (Fsp3) is 0.471. The van der Waals surface area contributed by atoms with Gasteiger partial charge in [-0.15, -0.1) is 11.3 Å². The van der Waals surface area contributed by atoms with Crippen LogP contribution in [0.25, 0.3) is 0 Å². The summed E-state index contributed by atoms with van der Waals surface area (Å²) in [4.78, 5) is 6.38. The molecule has 1 unspecified atom stereocenters. The molecule has 1 atom stereocenters. The zero-order valence-corrected chi connectivity index (χ0v) is 13.5. The summed E-state index contributed by atoms with van der Waals surface area (Å²) in [5.41, 5.74) is 2.49. The van der Waals surface area contributed by atoms with Crippen molar-refractivity contribution in [2.75, 3.05) is 13.7 Å². The van der Waals surface area contributed by atoms with Crippen LogP contribution >= 0.6 is 11.3 Å². The van der Waals surface area contributed by atoms with Gasteiger partial charge in [-0.3, -0.25) is 0 Å². The second-order valence-electron chi connectivity index (χ2n) is 5.32. The number of rotatable bonds is 5. The van der Waals surface area contributed by atoms with E-state index >= 15 is 0 Å². The lowest BCUT2D eigenvalue weighted by Gasteiger charge is -2.17. The summed E-state index contributed by atoms with van der Waals surface area (Å²) in [6.07, 6.45) is 4.90. The van der Waals surface area contributed by atoms with Crippen molar-refractivity contribution in [2.24, 2.45) is 0 Å². The highest BCUT2D eigenvalue weighted by molar-refractivity contribution is 7.11. The number of ether oxygens (including phenoxy) is 1. The second-order valence-corrected chi connectivity index (χ2v) is 6.44. The van der Waals surface area contributed by atoms with Gasteiger partial charge in [0, 0.05) is 10.4 Å². The molecule has 1 N–H and O–H groups in total. The van der Waals surface area contributed by atoms with Crippen molar-refractivity contribution in [3.8, 4) is 5.75 Å². The minimum absolute atomic E-state index is 0.114. The molecule has 0 aliphatic heterocycles. The van der Waals surface area contributed by atoms with E-state index in [1.807, 2.05) is 37.4 Å². The molecule has 3 nitrogen and oxygen atoms in total. The largest absolute Gasteiger partial charge is 0.494 e. The molecular weight excluding hydrogens is 280 g/mol. The molecule has 1 aliphatic carbocycles. The van der Waals surface area contributed by atoms with Crippen molar-refractivity contribution >= 4 is 11.3 Å². The quantitative estimate of drug-likeness (QED) is 0.914. The van der Waals surface area contributed by atoms with E-state index in [9.17, 15) is 0 Å². The molecule has 1 aromatic carbocycles. The first kappa shape index (κ1) is 14.5. The Kier molecular flexibility index (Phi) is 4.56. The minimum Gasteiger partial charge on any atom is -0.494 e. The van der Waals surface area contributed by atoms with E-state index in [1.165, 1.54) is 35.4 Å². The predicted octanol–water partition coefficient (Wildman–Crippen LogP) is 3.73. The molecule has 0 fully saturated rings. The number of aryl methyl sites for hydroxylation is 2. The highest BCUT2D eigenvalue weighted by atomic mass is 32.1. The highest BCUT2D eigenvalue weighted by Crippen LogP contribution is 2.35. The van der Waals surface area contributed by atoms with Crippen molar-refractivity contribution < 1.29 is 4.74 Å². The van der Waals surface area contributed by atoms with Gasteiger partial charge in [-0.25, -0.2) is 4.98 Å². The van der Waals surface area contributed by atoms with Crippen molar-refractivity contribution in [2.45, 2.75) is 38.6 Å². The molecule has 0 bridgehead atoms. The molecule has 21 heavy (non-hydrogen) atoms. The lowest BCUT2D eigenvalue weighted by atomic mass is 10.0. The molecule has 112 valence electrons. The first-order valence-corrected chi connectivity index (χ1v) is 8.52. The number of fused-ring (bicyclic) bond motifs is 1. The van der Waals surface area contributed by atoms with Crippen LogP contribution in [0.15, 0.2) is 24.3 Å². The predicted molar refractivity (Wildman–Crippen MR) is 87.3 cm³/mol. The maximum absolute atomic E-state index is 5.78. The average molecular weight is 302 g/mol. The number of hydrogen-bond acceptors (Lipinski definition) is 4. The maximum Gasteiger partial charge on any atom is 0.124 e. The number of hydrogen-bond donors (Lipinski definition) is 1. The van der Waals surface area contributed by atoms with E-state index in [0.717, 1.165) is 17.2 Å². The van der Waals surface area contributed by atoms with E-state index in [2.05, 4.69) is 17.4 Å². The molecular formula is C17H22N2OS. The Balaban J connectivity index is 1.96. The third-order valence-corrected chi connectivity index (χ3v) is 5.15. The van der Waals surface area contributed by atoms with Crippen LogP contribution < -0.4 is 10.1 Å². The first-order valence-electron chi connectivity index (χ1n) is 7.71. The summed E-state index contributed by atoms with van der Waals surface area (Å²) >= 11 is 1.86. The fourth-order valence-electron chi connectivity index (χ4n) is 2.91. The van der Waals surface area contributed by atoms with Crippen LogP contribution in [0.5, 0.6) is 5.75 Å². The van der Waals surface area contributed by atoms with Gasteiger partial charge in [-0.2, -0.15) is 0 Å². The summed E-state index contributed by atoms with van der Waals surface area (Å²) in [7, 11) is 1.99. The summed E-state index contributed by atoms with van der Waals surface area (Å²) in [5, 5.41) is 4.57. The summed E-state index contributed by atoms with van der Waals surface area (Å²) < 4.78 is 5.78. The van der Waals surface area contributed by atoms with Gasteiger partial charge in [0.15, 0.2) is 0 Å². The smallest absolute Gasteiger partial charge is 0.124 e. The molecule has 0 saturated heterocycles. The van der Waals surface area contributed by atoms with Crippen molar-refractivity contribution in [1.82, 2.24) is 10.3 Å². The van der Waals surface area contributed by atoms with Gasteiger partial charge < -0.3 is 10.1 Å². The van der Waals surface area contributed by atoms with Gasteiger partial charge in [0.25, 0.3) is 0 Å². The molecule has 1 aromatic heterocycles. The highest BCUT2D eigenvalue weighted by Gasteiger charge is 2.23. The van der Waals surface area contributed by atoms with Crippen molar-refractivity contribution in [3.63, 3.8) is 0 Å². The Hall–Kier alpha value is -1.39. The zero-order valence-electron chi connectivity index (χ0n) is 12.7. The molecule has 0 radical (unpaired) electrons. The Morgan fingerprint density at radius 3 is 2.86 bits per heavy atom. The number of para-hydroxylation sites is 1. The Morgan fingerprint density at radius 2 is 2.10 bits per heavy atom. The lowest BCUT2D eigenvalue weighted by molar-refractivity contribution is 0.334. The molecule has 1 heterocycles. The van der Waals surface area contributed by atoms with Crippen LogP contribution in [-0.2, 0) is 12.8 Å². The summed E-state index contributed by atoms with van der Waals surface area (Å²) in [6, 6.07) is 8.37. The third kappa shape index (κ3) is 2.97. The Bertz CT molecular complexity index is 585. The maximum atomic E-state index is 5.78. The molecule has 1 aliphatic rings. The number of nitrogens with zero attached hydrogens (tertiary/aromatic N) is 1. The molecule has 2 aromatic rings. The van der Waals surface area contributed by atoms with Crippen LogP contribution in [0.2, 0.25) is 0 Å². The summed E-state index contributed by atoms with van der Waals surface area (Å²) in [5.74, 6) is 0.951. The van der Waals surface area contributed by atoms with E-state index < -0.39 is 0 Å². The number of nitrogens with one attached hydrogen (secondary N) is 1. The SMILES string of the molecule is CCOc1ccccc1C(NC)c1nc2c(s1)CCCC2. The standard InChI is InChI=1S/C17H22N2OS/c1-3-20-14-10-6-4-8-12(14)16(18-2)17-19-13-9-5-7-11-15(13)21-17/h4,6,8,10,16,18H,3,5,7,9,11H2,1-2H3. The number of benzene rings is 1. The average Bonchev–Trinajstić information content (AvgIpc) is 2.93. The van der Waals surface area contributed by atoms with Crippen LogP contribution in [0.1, 0.15) is 46.9 Å². The summed E-state index contributed by atoms with van der Waals surface area (Å²) in [6.45, 7) is 2.70. The molecule has 0 saturated carbocycles. The van der Waals surface area contributed by atoms with Crippen molar-refractivity contribution in [3.05, 3.63) is 45.4 Å². The Morgan fingerprint density at radius 1 is 1.29 bits per heavy atom. The topological polar surface area (TPSA) is 34.1 Å². The van der Waals surface area contributed by atoms with E-state index in [0.29, 0.717) is 6.61 Å². The zero-order chi connectivity index (χ0) is 14.7. The van der Waals surface area contributed by atoms with Gasteiger partial charge in [-0.05, 0) is 45.7 Å². The van der Waals surface area contributed by atoms with Crippen LogP contribution in [0.4, 0.5) is 0 Å². The molecule has 4 heteroatoms. The first-order chi connectivity index (χ1) is 10.3. The molecule has 0 amide bonds. The van der Waals surface area contributed by atoms with Gasteiger partial charge in [-0.1, -0.05) is 18.2 Å². The Labute approximate surface area is 130 Å². The lowest BCUT2D eigenvalue weighted by Crippen LogP contribution is -2.18. The van der Waals surface area contributed by atoms with Gasteiger partial charge >= 0.3 is 0 Å². The van der Waals surface area contributed by atoms with Crippen LogP contribution in [-0.4, -0.2) is 18.6 Å². The molecule has 3 rings (SSSR count). The number of aromatic nitrogens is 1. The van der Waals surface area contributed by atoms with Gasteiger partial charge in [0.1, 0.15) is 10.8 Å². The second kappa shape index (κ2) is 6.58. The number of thiazole rings is 1. The third-order valence-electron chi connectivity index (χ3n) is 3.93. The van der Waals surface area contributed by atoms with Gasteiger partial charge in [0.2, 0.25) is 0 Å². The van der Waals surface area contributed by atoms with Crippen LogP contribution in [0, 0.1) is 0 Å².